The van der Waals surface area contributed by atoms with Crippen LogP contribution in [0.2, 0.25) is 0 Å². The molecule has 0 atom stereocenters. The molecule has 21 heavy (non-hydrogen) atoms. The molecule has 3 nitrogen and oxygen atoms in total. The zero-order chi connectivity index (χ0) is 14.6. The summed E-state index contributed by atoms with van der Waals surface area (Å²) < 4.78 is 0.944. The van der Waals surface area contributed by atoms with Crippen LogP contribution < -0.4 is 5.32 Å². The van der Waals surface area contributed by atoms with Crippen LogP contribution in [0.1, 0.15) is 32.1 Å². The molecule has 0 spiro atoms. The minimum absolute atomic E-state index is 0.276. The molecule has 1 aromatic rings. The van der Waals surface area contributed by atoms with Crippen LogP contribution >= 0.6 is 15.9 Å². The Kier molecular flexibility index (Phi) is 3.07. The molecule has 0 saturated heterocycles. The lowest BCUT2D eigenvalue weighted by atomic mass is 9.48. The third kappa shape index (κ3) is 1.95. The third-order valence-electron chi connectivity index (χ3n) is 6.00. The summed E-state index contributed by atoms with van der Waals surface area (Å²) in [5.41, 5.74) is 0.143. The number of nitrogens with one attached hydrogen (secondary N) is 1. The van der Waals surface area contributed by atoms with Crippen LogP contribution in [0.5, 0.6) is 0 Å². The quantitative estimate of drug-likeness (QED) is 0.861. The largest absolute Gasteiger partial charge is 0.479 e. The van der Waals surface area contributed by atoms with Crippen LogP contribution in [-0.2, 0) is 4.79 Å². The summed E-state index contributed by atoms with van der Waals surface area (Å²) in [6.07, 6.45) is 5.65. The number of carboxylic acids is 1. The topological polar surface area (TPSA) is 49.3 Å². The molecule has 0 unspecified atom stereocenters. The highest BCUT2D eigenvalue weighted by Crippen LogP contribution is 2.59. The highest BCUT2D eigenvalue weighted by Gasteiger charge is 2.61. The lowest BCUT2D eigenvalue weighted by Gasteiger charge is -2.59. The van der Waals surface area contributed by atoms with Crippen LogP contribution in [0.25, 0.3) is 0 Å². The first-order chi connectivity index (χ1) is 10.1. The van der Waals surface area contributed by atoms with E-state index >= 15 is 0 Å². The smallest absolute Gasteiger partial charge is 0.329 e. The number of para-hydroxylation sites is 1. The Bertz CT molecular complexity index is 558. The van der Waals surface area contributed by atoms with Gasteiger partial charge in [0.1, 0.15) is 5.54 Å². The first-order valence-corrected chi connectivity index (χ1v) is 8.65. The second-order valence-corrected chi connectivity index (χ2v) is 7.94. The maximum Gasteiger partial charge on any atom is 0.329 e. The Hall–Kier alpha value is -1.03. The van der Waals surface area contributed by atoms with Crippen molar-refractivity contribution in [3.05, 3.63) is 28.7 Å². The first-order valence-electron chi connectivity index (χ1n) is 7.85. The number of aliphatic carboxylic acids is 1. The van der Waals surface area contributed by atoms with Crippen LogP contribution in [-0.4, -0.2) is 16.6 Å². The molecule has 0 aromatic heterocycles. The van der Waals surface area contributed by atoms with Crippen LogP contribution in [0, 0.1) is 23.7 Å². The molecule has 4 bridgehead atoms. The predicted molar refractivity (Wildman–Crippen MR) is 85.2 cm³/mol. The van der Waals surface area contributed by atoms with E-state index in [2.05, 4.69) is 21.2 Å². The predicted octanol–water partition coefficient (Wildman–Crippen LogP) is 4.14. The van der Waals surface area contributed by atoms with Gasteiger partial charge in [-0.1, -0.05) is 12.1 Å². The van der Waals surface area contributed by atoms with Crippen molar-refractivity contribution in [2.75, 3.05) is 5.32 Å². The van der Waals surface area contributed by atoms with Gasteiger partial charge in [-0.05, 0) is 83.8 Å². The Morgan fingerprint density at radius 2 is 1.67 bits per heavy atom. The van der Waals surface area contributed by atoms with Gasteiger partial charge in [-0.2, -0.15) is 0 Å². The Labute approximate surface area is 133 Å². The van der Waals surface area contributed by atoms with Crippen LogP contribution in [0.3, 0.4) is 0 Å². The number of carboxylic acid groups (broad SMARTS) is 1. The van der Waals surface area contributed by atoms with Gasteiger partial charge in [0.25, 0.3) is 0 Å². The van der Waals surface area contributed by atoms with Crippen molar-refractivity contribution < 1.29 is 9.90 Å². The Balaban J connectivity index is 1.74. The molecule has 5 rings (SSSR count). The molecule has 0 aliphatic heterocycles. The molecule has 112 valence electrons. The summed E-state index contributed by atoms with van der Waals surface area (Å²) in [6, 6.07) is 7.85. The SMILES string of the molecule is O=C(O)C1(Nc2ccccc2Br)C2CC3CC(C2)CC1C3. The summed E-state index contributed by atoms with van der Waals surface area (Å²) in [5, 5.41) is 13.5. The molecule has 4 heteroatoms. The van der Waals surface area contributed by atoms with Crippen molar-refractivity contribution in [1.29, 1.82) is 0 Å². The van der Waals surface area contributed by atoms with Crippen molar-refractivity contribution in [2.24, 2.45) is 23.7 Å². The number of hydrogen-bond donors (Lipinski definition) is 2. The van der Waals surface area contributed by atoms with Gasteiger partial charge in [-0.15, -0.1) is 0 Å². The molecule has 0 heterocycles. The van der Waals surface area contributed by atoms with E-state index < -0.39 is 11.5 Å². The standard InChI is InChI=1S/C17H20BrNO2/c18-14-3-1-2-4-15(14)19-17(16(20)21)12-6-10-5-11(8-12)9-13(17)7-10/h1-4,10-13,19H,5-9H2,(H,20,21). The number of carbonyl (C=O) groups is 1. The highest BCUT2D eigenvalue weighted by molar-refractivity contribution is 9.10. The fourth-order valence-corrected chi connectivity index (χ4v) is 5.70. The average molecular weight is 350 g/mol. The van der Waals surface area contributed by atoms with Crippen molar-refractivity contribution in [3.63, 3.8) is 0 Å². The zero-order valence-electron chi connectivity index (χ0n) is 11.9. The monoisotopic (exact) mass is 349 g/mol. The van der Waals surface area contributed by atoms with Crippen molar-refractivity contribution in [2.45, 2.75) is 37.6 Å². The van der Waals surface area contributed by atoms with Gasteiger partial charge in [-0.25, -0.2) is 4.79 Å². The Morgan fingerprint density at radius 3 is 2.19 bits per heavy atom. The summed E-state index contributed by atoms with van der Waals surface area (Å²) in [5.74, 6) is 1.42. The van der Waals surface area contributed by atoms with E-state index in [9.17, 15) is 9.90 Å². The van der Waals surface area contributed by atoms with Gasteiger partial charge < -0.3 is 10.4 Å². The van der Waals surface area contributed by atoms with Crippen LogP contribution in [0.4, 0.5) is 5.69 Å². The lowest BCUT2D eigenvalue weighted by molar-refractivity contribution is -0.157. The van der Waals surface area contributed by atoms with Gasteiger partial charge in [-0.3, -0.25) is 0 Å². The van der Waals surface area contributed by atoms with Gasteiger partial charge in [0.15, 0.2) is 0 Å². The number of anilines is 1. The zero-order valence-corrected chi connectivity index (χ0v) is 13.5. The molecule has 2 N–H and O–H groups in total. The fraction of sp³-hybridized carbons (Fsp3) is 0.588. The summed E-state index contributed by atoms with van der Waals surface area (Å²) in [7, 11) is 0. The van der Waals surface area contributed by atoms with E-state index in [0.29, 0.717) is 0 Å². The van der Waals surface area contributed by atoms with E-state index in [4.69, 9.17) is 0 Å². The van der Waals surface area contributed by atoms with Gasteiger partial charge in [0.05, 0.1) is 0 Å². The van der Waals surface area contributed by atoms with Gasteiger partial charge >= 0.3 is 5.97 Å². The number of halogens is 1. The second-order valence-electron chi connectivity index (χ2n) is 7.08. The van der Waals surface area contributed by atoms with Gasteiger partial charge in [0, 0.05) is 10.2 Å². The van der Waals surface area contributed by atoms with Crippen LogP contribution in [0.15, 0.2) is 28.7 Å². The van der Waals surface area contributed by atoms with Gasteiger partial charge in [0.2, 0.25) is 0 Å². The average Bonchev–Trinajstić information content (AvgIpc) is 2.44. The lowest BCUT2D eigenvalue weighted by Crippen LogP contribution is -2.65. The van der Waals surface area contributed by atoms with E-state index in [1.807, 2.05) is 24.3 Å². The highest BCUT2D eigenvalue weighted by atomic mass is 79.9. The van der Waals surface area contributed by atoms with Crippen molar-refractivity contribution in [3.8, 4) is 0 Å². The summed E-state index contributed by atoms with van der Waals surface area (Å²) in [6.45, 7) is 0. The maximum absolute atomic E-state index is 12.2. The first kappa shape index (κ1) is 13.6. The molecule has 0 radical (unpaired) electrons. The molecular formula is C17H20BrNO2. The van der Waals surface area contributed by atoms with E-state index in [1.54, 1.807) is 0 Å². The minimum Gasteiger partial charge on any atom is -0.479 e. The fourth-order valence-electron chi connectivity index (χ4n) is 5.32. The van der Waals surface area contributed by atoms with Crippen molar-refractivity contribution in [1.82, 2.24) is 0 Å². The molecule has 4 saturated carbocycles. The minimum atomic E-state index is -0.767. The molecule has 1 aromatic carbocycles. The summed E-state index contributed by atoms with van der Waals surface area (Å²) in [4.78, 5) is 12.2. The third-order valence-corrected chi connectivity index (χ3v) is 6.69. The molecule has 4 aliphatic rings. The van der Waals surface area contributed by atoms with E-state index in [1.165, 1.54) is 6.42 Å². The number of rotatable bonds is 3. The summed E-state index contributed by atoms with van der Waals surface area (Å²) >= 11 is 3.54. The van der Waals surface area contributed by atoms with E-state index in [-0.39, 0.29) is 11.8 Å². The number of hydrogen-bond acceptors (Lipinski definition) is 2. The number of benzene rings is 1. The Morgan fingerprint density at radius 1 is 1.10 bits per heavy atom. The molecule has 0 amide bonds. The molecular weight excluding hydrogens is 330 g/mol. The second kappa shape index (κ2) is 4.73. The van der Waals surface area contributed by atoms with E-state index in [0.717, 1.165) is 47.7 Å². The normalized spacial score (nSPS) is 40.2. The molecule has 4 fully saturated rings. The maximum atomic E-state index is 12.2. The van der Waals surface area contributed by atoms with Crippen molar-refractivity contribution >= 4 is 27.6 Å². The molecule has 4 aliphatic carbocycles.